The first kappa shape index (κ1) is 41.9. The van der Waals surface area contributed by atoms with E-state index in [1.54, 1.807) is 0 Å². The van der Waals surface area contributed by atoms with Gasteiger partial charge in [0, 0.05) is 34.0 Å². The highest BCUT2D eigenvalue weighted by Gasteiger charge is 2.53. The monoisotopic (exact) mass is 905 g/mol. The number of pyridine rings is 1. The van der Waals surface area contributed by atoms with Crippen LogP contribution in [0, 0.1) is 5.92 Å². The summed E-state index contributed by atoms with van der Waals surface area (Å²) < 4.78 is 15.5. The van der Waals surface area contributed by atoms with Crippen molar-refractivity contribution in [1.29, 1.82) is 0 Å². The molecule has 1 aromatic carbocycles. The lowest BCUT2D eigenvalue weighted by molar-refractivity contribution is -0.139. The number of thiol groups is 1. The zero-order valence-electron chi connectivity index (χ0n) is 32.5. The summed E-state index contributed by atoms with van der Waals surface area (Å²) in [6.45, 7) is 7.95. The maximum absolute atomic E-state index is 14.5. The van der Waals surface area contributed by atoms with Gasteiger partial charge in [0.25, 0.3) is 5.91 Å². The lowest BCUT2D eigenvalue weighted by Crippen LogP contribution is -2.55. The largest absolute Gasteiger partial charge is 0.483 e. The summed E-state index contributed by atoms with van der Waals surface area (Å²) in [7, 11) is 3.50. The molecule has 300 valence electrons. The molecular weight excluding hydrogens is 850 g/mol. The molecule has 3 unspecified atom stereocenters. The van der Waals surface area contributed by atoms with Crippen molar-refractivity contribution >= 4 is 77.7 Å². The number of hydrogen-bond acceptors (Lipinski definition) is 9. The number of benzene rings is 1. The van der Waals surface area contributed by atoms with Gasteiger partial charge in [-0.15, -0.1) is 9.80 Å². The molecule has 7 rings (SSSR count). The molecule has 3 N–H and O–H groups in total. The molecule has 14 heteroatoms. The Labute approximate surface area is 347 Å². The normalized spacial score (nSPS) is 23.8. The number of hydrogen-bond donors (Lipinski definition) is 4. The second-order valence-corrected chi connectivity index (χ2v) is 18.0. The molecule has 3 heterocycles. The SMILES string of the molecule is CCCCC/C=C\[C@H](C)C(NC(=O)C1CC2(CCc3c(c(C4CC4)nc4ccccc34)O2)CN1C(=O)CNC(=O)OC1(C)CC1)C(=O)NSC1(C)CC1.SI. The number of ether oxygens (including phenoxy) is 2. The lowest BCUT2D eigenvalue weighted by atomic mass is 9.86. The number of carbonyl (C=O) groups is 4. The Bertz CT molecular complexity index is 1780. The van der Waals surface area contributed by atoms with Gasteiger partial charge in [0.2, 0.25) is 11.8 Å². The van der Waals surface area contributed by atoms with Crippen molar-refractivity contribution in [2.75, 3.05) is 13.1 Å². The zero-order valence-corrected chi connectivity index (χ0v) is 36.3. The van der Waals surface area contributed by atoms with E-state index >= 15 is 0 Å². The van der Waals surface area contributed by atoms with Gasteiger partial charge in [-0.3, -0.25) is 19.1 Å². The van der Waals surface area contributed by atoms with Gasteiger partial charge in [0.1, 0.15) is 35.6 Å². The summed E-state index contributed by atoms with van der Waals surface area (Å²) in [4.78, 5) is 61.4. The third-order valence-corrected chi connectivity index (χ3v) is 12.9. The van der Waals surface area contributed by atoms with E-state index in [0.717, 1.165) is 98.5 Å². The summed E-state index contributed by atoms with van der Waals surface area (Å²) in [5.74, 6) is -0.250. The van der Waals surface area contributed by atoms with Crippen molar-refractivity contribution in [1.82, 2.24) is 25.2 Å². The van der Waals surface area contributed by atoms with Crippen molar-refractivity contribution in [3.8, 4) is 5.75 Å². The van der Waals surface area contributed by atoms with Crippen LogP contribution in [0.15, 0.2) is 36.4 Å². The summed E-state index contributed by atoms with van der Waals surface area (Å²) in [5.41, 5.74) is 1.72. The zero-order chi connectivity index (χ0) is 39.4. The molecule has 5 aliphatic rings. The van der Waals surface area contributed by atoms with Gasteiger partial charge in [0.15, 0.2) is 0 Å². The fourth-order valence-electron chi connectivity index (χ4n) is 7.52. The number of aromatic nitrogens is 1. The number of aryl methyl sites for hydroxylation is 1. The van der Waals surface area contributed by atoms with E-state index in [4.69, 9.17) is 14.5 Å². The number of allylic oxidation sites excluding steroid dienone is 1. The van der Waals surface area contributed by atoms with E-state index < -0.39 is 41.2 Å². The number of likely N-dealkylation sites (tertiary alicyclic amines) is 1. The van der Waals surface area contributed by atoms with Gasteiger partial charge in [-0.2, -0.15) is 0 Å². The molecule has 2 aromatic rings. The molecular formula is C41H56IN5O6S2. The fourth-order valence-corrected chi connectivity index (χ4v) is 8.30. The molecule has 1 spiro atoms. The van der Waals surface area contributed by atoms with Crippen LogP contribution in [-0.2, 0) is 25.5 Å². The lowest BCUT2D eigenvalue weighted by Gasteiger charge is -2.37. The van der Waals surface area contributed by atoms with Crippen LogP contribution in [0.3, 0.4) is 0 Å². The van der Waals surface area contributed by atoms with E-state index in [9.17, 15) is 19.2 Å². The van der Waals surface area contributed by atoms with Crippen molar-refractivity contribution in [2.45, 2.75) is 145 Å². The van der Waals surface area contributed by atoms with E-state index in [0.29, 0.717) is 12.3 Å². The van der Waals surface area contributed by atoms with Crippen molar-refractivity contribution < 1.29 is 28.7 Å². The van der Waals surface area contributed by atoms with E-state index in [1.807, 2.05) is 59.3 Å². The molecule has 1 saturated heterocycles. The number of nitrogens with one attached hydrogen (secondary N) is 3. The Morgan fingerprint density at radius 3 is 2.55 bits per heavy atom. The minimum absolute atomic E-state index is 0.0176. The molecule has 4 atom stereocenters. The van der Waals surface area contributed by atoms with Crippen LogP contribution in [0.25, 0.3) is 10.9 Å². The average molecular weight is 906 g/mol. The van der Waals surface area contributed by atoms with Gasteiger partial charge in [0.05, 0.1) is 17.8 Å². The van der Waals surface area contributed by atoms with E-state index in [1.165, 1.54) is 16.8 Å². The number of unbranched alkanes of at least 4 members (excludes halogenated alkanes) is 3. The number of para-hydroxylation sites is 1. The fraction of sp³-hybridized carbons (Fsp3) is 0.634. The van der Waals surface area contributed by atoms with Gasteiger partial charge < -0.3 is 25.0 Å². The predicted molar refractivity (Wildman–Crippen MR) is 228 cm³/mol. The summed E-state index contributed by atoms with van der Waals surface area (Å²) >= 11 is 3.26. The first-order valence-electron chi connectivity index (χ1n) is 19.9. The first-order chi connectivity index (χ1) is 26.4. The highest BCUT2D eigenvalue weighted by Crippen LogP contribution is 2.51. The highest BCUT2D eigenvalue weighted by atomic mass is 127. The molecule has 3 aliphatic carbocycles. The van der Waals surface area contributed by atoms with Crippen LogP contribution in [0.2, 0.25) is 0 Å². The smallest absolute Gasteiger partial charge is 0.408 e. The third kappa shape index (κ3) is 10.4. The number of alkyl carbamates (subject to hydrolysis) is 1. The van der Waals surface area contributed by atoms with Crippen molar-refractivity contribution in [3.63, 3.8) is 0 Å². The topological polar surface area (TPSA) is 139 Å². The molecule has 0 radical (unpaired) electrons. The minimum Gasteiger partial charge on any atom is -0.483 e. The Kier molecular flexibility index (Phi) is 13.6. The Hall–Kier alpha value is -2.72. The molecule has 2 aliphatic heterocycles. The van der Waals surface area contributed by atoms with Crippen molar-refractivity contribution in [2.24, 2.45) is 5.92 Å². The molecule has 4 amide bonds. The quantitative estimate of drug-likeness (QED) is 0.0466. The number of fused-ring (bicyclic) bond motifs is 3. The Morgan fingerprint density at radius 2 is 1.85 bits per heavy atom. The van der Waals surface area contributed by atoms with Crippen LogP contribution in [0.4, 0.5) is 4.79 Å². The van der Waals surface area contributed by atoms with Crippen LogP contribution >= 0.6 is 43.0 Å². The van der Waals surface area contributed by atoms with Crippen LogP contribution in [-0.4, -0.2) is 74.8 Å². The first-order valence-corrected chi connectivity index (χ1v) is 23.9. The number of carbonyl (C=O) groups excluding carboxylic acids is 4. The Balaban J connectivity index is 0.00000253. The van der Waals surface area contributed by atoms with E-state index in [2.05, 4.69) is 51.1 Å². The van der Waals surface area contributed by atoms with Crippen LogP contribution < -0.4 is 20.1 Å². The molecule has 3 saturated carbocycles. The summed E-state index contributed by atoms with van der Waals surface area (Å²) in [6.07, 6.45) is 15.0. The maximum atomic E-state index is 14.5. The maximum Gasteiger partial charge on any atom is 0.408 e. The number of halogens is 1. The van der Waals surface area contributed by atoms with Gasteiger partial charge in [-0.05, 0) is 117 Å². The minimum atomic E-state index is -0.912. The van der Waals surface area contributed by atoms with Crippen LogP contribution in [0.1, 0.15) is 122 Å². The van der Waals surface area contributed by atoms with Crippen molar-refractivity contribution in [3.05, 3.63) is 47.7 Å². The second kappa shape index (κ2) is 17.8. The molecule has 11 nitrogen and oxygen atoms in total. The number of rotatable bonds is 15. The summed E-state index contributed by atoms with van der Waals surface area (Å²) in [6, 6.07) is 6.39. The van der Waals surface area contributed by atoms with Gasteiger partial charge in [-0.25, -0.2) is 9.78 Å². The average Bonchev–Trinajstić information content (AvgIpc) is 4.13. The molecule has 55 heavy (non-hydrogen) atoms. The highest BCUT2D eigenvalue weighted by molar-refractivity contribution is 14.2. The summed E-state index contributed by atoms with van der Waals surface area (Å²) in [5, 5.41) is 6.75. The van der Waals surface area contributed by atoms with Gasteiger partial charge in [-0.1, -0.05) is 57.0 Å². The molecule has 0 bridgehead atoms. The number of amides is 4. The molecule has 4 fully saturated rings. The predicted octanol–water partition coefficient (Wildman–Crippen LogP) is 7.90. The second-order valence-electron chi connectivity index (χ2n) is 16.6. The van der Waals surface area contributed by atoms with Crippen LogP contribution in [0.5, 0.6) is 5.75 Å². The van der Waals surface area contributed by atoms with E-state index in [-0.39, 0.29) is 36.1 Å². The standard InChI is InChI=1S/C41H55N5O6S.HIS/c1-5-6-7-8-9-12-26(2)33(37(49)45-53-40(4)21-22-40)44-36(48)31-23-41(25-46(31)32(47)24-42-38(50)52-39(3)19-20-39)18-17-29-28-13-10-11-14-30(28)43-34(27-15-16-27)35(29)51-41;1-2/h9-14,26-27,31,33H,5-8,15-25H2,1-4H3,(H,42,50)(H,44,48)(H,45,49);2H/b12-9-;/t26-,31?,33?,41?;/m0./s1. The Morgan fingerprint density at radius 1 is 1.11 bits per heavy atom. The molecule has 1 aromatic heterocycles. The number of nitrogens with zero attached hydrogens (tertiary/aromatic N) is 2. The van der Waals surface area contributed by atoms with Gasteiger partial charge >= 0.3 is 6.09 Å². The third-order valence-electron chi connectivity index (χ3n) is 11.7.